The summed E-state index contributed by atoms with van der Waals surface area (Å²) in [7, 11) is 0. The van der Waals surface area contributed by atoms with E-state index in [0.717, 1.165) is 5.56 Å². The van der Waals surface area contributed by atoms with Gasteiger partial charge in [0.15, 0.2) is 0 Å². The van der Waals surface area contributed by atoms with E-state index in [1.165, 1.54) is 6.07 Å². The number of hydrogen-bond acceptors (Lipinski definition) is 1. The van der Waals surface area contributed by atoms with E-state index in [-0.39, 0.29) is 0 Å². The predicted molar refractivity (Wildman–Crippen MR) is 46.5 cm³/mol. The number of pyridine rings is 1. The third kappa shape index (κ3) is 1.79. The fourth-order valence-corrected chi connectivity index (χ4v) is 1.58. The smallest absolute Gasteiger partial charge is 0.213 e. The molecule has 4 heteroatoms. The SMILES string of the molecule is Fc1ccc(CCl)c(I)n1. The minimum atomic E-state index is -0.460. The molecule has 0 spiro atoms. The van der Waals surface area contributed by atoms with E-state index >= 15 is 0 Å². The highest BCUT2D eigenvalue weighted by Crippen LogP contribution is 2.11. The first-order valence-electron chi connectivity index (χ1n) is 2.61. The lowest BCUT2D eigenvalue weighted by Gasteiger charge is -1.96. The third-order valence-electron chi connectivity index (χ3n) is 1.04. The van der Waals surface area contributed by atoms with Crippen LogP contribution in [0.4, 0.5) is 4.39 Å². The summed E-state index contributed by atoms with van der Waals surface area (Å²) in [6.07, 6.45) is 0. The Bertz CT molecular complexity index is 241. The fraction of sp³-hybridized carbons (Fsp3) is 0.167. The first-order chi connectivity index (χ1) is 4.74. The number of hydrogen-bond donors (Lipinski definition) is 0. The number of alkyl halides is 1. The van der Waals surface area contributed by atoms with Gasteiger partial charge in [0.25, 0.3) is 0 Å². The third-order valence-corrected chi connectivity index (χ3v) is 2.26. The molecule has 0 bridgehead atoms. The average molecular weight is 271 g/mol. The summed E-state index contributed by atoms with van der Waals surface area (Å²) in [5.74, 6) is -0.0794. The molecule has 0 aromatic carbocycles. The van der Waals surface area contributed by atoms with Gasteiger partial charge in [-0.1, -0.05) is 6.07 Å². The van der Waals surface area contributed by atoms with Crippen LogP contribution in [0.15, 0.2) is 12.1 Å². The highest BCUT2D eigenvalue weighted by atomic mass is 127. The zero-order valence-corrected chi connectivity index (χ0v) is 7.86. The molecule has 0 unspecified atom stereocenters. The monoisotopic (exact) mass is 271 g/mol. The summed E-state index contributed by atoms with van der Waals surface area (Å²) in [6, 6.07) is 2.94. The van der Waals surface area contributed by atoms with Gasteiger partial charge in [0.1, 0.15) is 3.70 Å². The van der Waals surface area contributed by atoms with Crippen LogP contribution in [0.2, 0.25) is 0 Å². The van der Waals surface area contributed by atoms with E-state index < -0.39 is 5.95 Å². The summed E-state index contributed by atoms with van der Waals surface area (Å²) in [6.45, 7) is 0. The van der Waals surface area contributed by atoms with Crippen molar-refractivity contribution >= 4 is 34.2 Å². The van der Waals surface area contributed by atoms with Crippen molar-refractivity contribution in [2.75, 3.05) is 0 Å². The van der Waals surface area contributed by atoms with Gasteiger partial charge in [0, 0.05) is 5.88 Å². The Hall–Kier alpha value is 0.1000. The summed E-state index contributed by atoms with van der Waals surface area (Å²) >= 11 is 7.47. The molecule has 0 aliphatic heterocycles. The van der Waals surface area contributed by atoms with Crippen LogP contribution in [-0.2, 0) is 5.88 Å². The molecule has 0 radical (unpaired) electrons. The average Bonchev–Trinajstić information content (AvgIpc) is 1.88. The van der Waals surface area contributed by atoms with Crippen LogP contribution in [-0.4, -0.2) is 4.98 Å². The van der Waals surface area contributed by atoms with Crippen LogP contribution in [0.1, 0.15) is 5.56 Å². The van der Waals surface area contributed by atoms with Crippen molar-refractivity contribution in [2.24, 2.45) is 0 Å². The highest BCUT2D eigenvalue weighted by molar-refractivity contribution is 14.1. The van der Waals surface area contributed by atoms with E-state index in [4.69, 9.17) is 11.6 Å². The van der Waals surface area contributed by atoms with Gasteiger partial charge in [-0.3, -0.25) is 0 Å². The minimum absolute atomic E-state index is 0.381. The van der Waals surface area contributed by atoms with Gasteiger partial charge in [0.2, 0.25) is 5.95 Å². The highest BCUT2D eigenvalue weighted by Gasteiger charge is 1.99. The quantitative estimate of drug-likeness (QED) is 0.435. The molecule has 1 nitrogen and oxygen atoms in total. The molecule has 0 saturated heterocycles. The maximum atomic E-state index is 12.3. The molecular formula is C6H4ClFIN. The standard InChI is InChI=1S/C6H4ClFIN/c7-3-4-1-2-5(8)10-6(4)9/h1-2H,3H2. The van der Waals surface area contributed by atoms with Crippen molar-refractivity contribution in [3.8, 4) is 0 Å². The van der Waals surface area contributed by atoms with Gasteiger partial charge in [-0.2, -0.15) is 4.39 Å². The van der Waals surface area contributed by atoms with Crippen LogP contribution in [0.3, 0.4) is 0 Å². The van der Waals surface area contributed by atoms with E-state index in [2.05, 4.69) is 4.98 Å². The van der Waals surface area contributed by atoms with Crippen molar-refractivity contribution in [3.63, 3.8) is 0 Å². The molecule has 0 aliphatic carbocycles. The molecule has 54 valence electrons. The lowest BCUT2D eigenvalue weighted by molar-refractivity contribution is 0.579. The lowest BCUT2D eigenvalue weighted by Crippen LogP contribution is -1.91. The van der Waals surface area contributed by atoms with Crippen LogP contribution in [0, 0.1) is 9.65 Å². The Morgan fingerprint density at radius 3 is 2.80 bits per heavy atom. The molecule has 1 rings (SSSR count). The first kappa shape index (κ1) is 8.20. The Kier molecular flexibility index (Phi) is 2.85. The Balaban J connectivity index is 3.07. The molecule has 0 amide bonds. The summed E-state index contributed by atoms with van der Waals surface area (Å²) in [5, 5.41) is 0. The van der Waals surface area contributed by atoms with Crippen molar-refractivity contribution < 1.29 is 4.39 Å². The van der Waals surface area contributed by atoms with Gasteiger partial charge < -0.3 is 0 Å². The van der Waals surface area contributed by atoms with Crippen LogP contribution in [0.25, 0.3) is 0 Å². The van der Waals surface area contributed by atoms with Crippen LogP contribution in [0.5, 0.6) is 0 Å². The topological polar surface area (TPSA) is 12.9 Å². The summed E-state index contributed by atoms with van der Waals surface area (Å²) in [5.41, 5.74) is 0.865. The van der Waals surface area contributed by atoms with E-state index in [1.54, 1.807) is 6.07 Å². The van der Waals surface area contributed by atoms with Crippen molar-refractivity contribution in [2.45, 2.75) is 5.88 Å². The number of aromatic nitrogens is 1. The van der Waals surface area contributed by atoms with Gasteiger partial charge in [0.05, 0.1) is 0 Å². The number of rotatable bonds is 1. The fourth-order valence-electron chi connectivity index (χ4n) is 0.541. The van der Waals surface area contributed by atoms with Crippen LogP contribution < -0.4 is 0 Å². The lowest BCUT2D eigenvalue weighted by atomic mass is 10.3. The number of nitrogens with zero attached hydrogens (tertiary/aromatic N) is 1. The molecule has 0 N–H and O–H groups in total. The van der Waals surface area contributed by atoms with Gasteiger partial charge in [-0.25, -0.2) is 4.98 Å². The Labute approximate surface area is 76.7 Å². The van der Waals surface area contributed by atoms with Crippen LogP contribution >= 0.6 is 34.2 Å². The van der Waals surface area contributed by atoms with Gasteiger partial charge in [-0.15, -0.1) is 11.6 Å². The zero-order chi connectivity index (χ0) is 7.56. The molecule has 1 aromatic heterocycles. The van der Waals surface area contributed by atoms with Gasteiger partial charge >= 0.3 is 0 Å². The summed E-state index contributed by atoms with van der Waals surface area (Å²) in [4.78, 5) is 3.58. The van der Waals surface area contributed by atoms with Crippen molar-refractivity contribution in [1.29, 1.82) is 0 Å². The maximum Gasteiger partial charge on any atom is 0.213 e. The molecule has 10 heavy (non-hydrogen) atoms. The Morgan fingerprint density at radius 2 is 2.30 bits per heavy atom. The van der Waals surface area contributed by atoms with E-state index in [0.29, 0.717) is 9.58 Å². The molecule has 0 aliphatic rings. The Morgan fingerprint density at radius 1 is 1.60 bits per heavy atom. The summed E-state index contributed by atoms with van der Waals surface area (Å²) < 4.78 is 13.0. The van der Waals surface area contributed by atoms with Crippen molar-refractivity contribution in [1.82, 2.24) is 4.98 Å². The molecule has 1 heterocycles. The second-order valence-electron chi connectivity index (χ2n) is 1.72. The second kappa shape index (κ2) is 3.48. The molecule has 0 fully saturated rings. The van der Waals surface area contributed by atoms with Gasteiger partial charge in [-0.05, 0) is 34.2 Å². The maximum absolute atomic E-state index is 12.3. The van der Waals surface area contributed by atoms with E-state index in [9.17, 15) is 4.39 Å². The molecular weight excluding hydrogens is 267 g/mol. The molecule has 0 atom stereocenters. The predicted octanol–water partition coefficient (Wildman–Crippen LogP) is 2.56. The molecule has 1 aromatic rings. The number of halogens is 3. The normalized spacial score (nSPS) is 9.90. The minimum Gasteiger partial charge on any atom is -0.213 e. The molecule has 0 saturated carbocycles. The largest absolute Gasteiger partial charge is 0.213 e. The zero-order valence-electron chi connectivity index (χ0n) is 4.94. The van der Waals surface area contributed by atoms with E-state index in [1.807, 2.05) is 22.6 Å². The first-order valence-corrected chi connectivity index (χ1v) is 4.22. The second-order valence-corrected chi connectivity index (χ2v) is 3.01. The van der Waals surface area contributed by atoms with Crippen molar-refractivity contribution in [3.05, 3.63) is 27.3 Å².